The van der Waals surface area contributed by atoms with Crippen molar-refractivity contribution in [2.75, 3.05) is 37.4 Å². The summed E-state index contributed by atoms with van der Waals surface area (Å²) in [7, 11) is 3.73. The lowest BCUT2D eigenvalue weighted by Gasteiger charge is -2.27. The molecule has 1 fully saturated rings. The molecule has 0 unspecified atom stereocenters. The van der Waals surface area contributed by atoms with Crippen LogP contribution in [0.3, 0.4) is 0 Å². The minimum atomic E-state index is -0.258. The molecule has 142 valence electrons. The summed E-state index contributed by atoms with van der Waals surface area (Å²) < 4.78 is 0. The number of anilines is 2. The minimum absolute atomic E-state index is 0.0534. The SMILES string of the molecule is CN(C)c1cc(C(=O)Nc2ccc(C(=O)N3CCCCC3)c(Cl)c2)ccn1. The zero-order valence-corrected chi connectivity index (χ0v) is 16.3. The maximum atomic E-state index is 12.6. The largest absolute Gasteiger partial charge is 0.363 e. The fourth-order valence-electron chi connectivity index (χ4n) is 3.04. The minimum Gasteiger partial charge on any atom is -0.363 e. The van der Waals surface area contributed by atoms with Crippen LogP contribution >= 0.6 is 11.6 Å². The molecule has 6 nitrogen and oxygen atoms in total. The van der Waals surface area contributed by atoms with Gasteiger partial charge in [-0.2, -0.15) is 0 Å². The van der Waals surface area contributed by atoms with E-state index < -0.39 is 0 Å². The van der Waals surface area contributed by atoms with Crippen molar-refractivity contribution in [1.29, 1.82) is 0 Å². The van der Waals surface area contributed by atoms with Gasteiger partial charge < -0.3 is 15.1 Å². The van der Waals surface area contributed by atoms with E-state index in [-0.39, 0.29) is 11.8 Å². The van der Waals surface area contributed by atoms with Crippen LogP contribution in [0.5, 0.6) is 0 Å². The van der Waals surface area contributed by atoms with E-state index in [0.29, 0.717) is 27.7 Å². The van der Waals surface area contributed by atoms with Gasteiger partial charge in [0.05, 0.1) is 10.6 Å². The number of nitrogens with zero attached hydrogens (tertiary/aromatic N) is 3. The Morgan fingerprint density at radius 2 is 1.85 bits per heavy atom. The van der Waals surface area contributed by atoms with Crippen LogP contribution in [0.1, 0.15) is 40.0 Å². The molecule has 0 atom stereocenters. The van der Waals surface area contributed by atoms with Crippen LogP contribution in [-0.4, -0.2) is 48.9 Å². The normalized spacial score (nSPS) is 14.0. The van der Waals surface area contributed by atoms with Crippen LogP contribution < -0.4 is 10.2 Å². The second-order valence-electron chi connectivity index (χ2n) is 6.80. The second-order valence-corrected chi connectivity index (χ2v) is 7.21. The fourth-order valence-corrected chi connectivity index (χ4v) is 3.30. The van der Waals surface area contributed by atoms with Gasteiger partial charge in [-0.15, -0.1) is 0 Å². The zero-order chi connectivity index (χ0) is 19.4. The third kappa shape index (κ3) is 4.57. The van der Waals surface area contributed by atoms with E-state index in [9.17, 15) is 9.59 Å². The maximum Gasteiger partial charge on any atom is 0.255 e. The van der Waals surface area contributed by atoms with Crippen molar-refractivity contribution in [2.45, 2.75) is 19.3 Å². The highest BCUT2D eigenvalue weighted by atomic mass is 35.5. The molecular weight excluding hydrogens is 364 g/mol. The van der Waals surface area contributed by atoms with Crippen molar-refractivity contribution >= 4 is 34.9 Å². The van der Waals surface area contributed by atoms with Crippen LogP contribution in [0.4, 0.5) is 11.5 Å². The number of benzene rings is 1. The molecule has 2 aromatic rings. The third-order valence-corrected chi connectivity index (χ3v) is 4.88. The summed E-state index contributed by atoms with van der Waals surface area (Å²) in [6, 6.07) is 8.36. The first kappa shape index (κ1) is 19.2. The molecule has 1 aliphatic rings. The summed E-state index contributed by atoms with van der Waals surface area (Å²) >= 11 is 6.32. The number of nitrogens with one attached hydrogen (secondary N) is 1. The number of likely N-dealkylation sites (tertiary alicyclic amines) is 1. The molecule has 2 amide bonds. The van der Waals surface area contributed by atoms with Gasteiger partial charge in [-0.3, -0.25) is 9.59 Å². The number of carbonyl (C=O) groups is 2. The number of pyridine rings is 1. The van der Waals surface area contributed by atoms with Gasteiger partial charge in [-0.1, -0.05) is 11.6 Å². The maximum absolute atomic E-state index is 12.6. The van der Waals surface area contributed by atoms with Gasteiger partial charge in [0.25, 0.3) is 11.8 Å². The highest BCUT2D eigenvalue weighted by molar-refractivity contribution is 6.34. The van der Waals surface area contributed by atoms with E-state index in [2.05, 4.69) is 10.3 Å². The van der Waals surface area contributed by atoms with E-state index in [0.717, 1.165) is 32.4 Å². The van der Waals surface area contributed by atoms with Crippen LogP contribution in [-0.2, 0) is 0 Å². The third-order valence-electron chi connectivity index (χ3n) is 4.57. The Morgan fingerprint density at radius 1 is 1.11 bits per heavy atom. The molecule has 27 heavy (non-hydrogen) atoms. The van der Waals surface area contributed by atoms with Crippen molar-refractivity contribution in [3.63, 3.8) is 0 Å². The number of hydrogen-bond acceptors (Lipinski definition) is 4. The first-order valence-electron chi connectivity index (χ1n) is 8.99. The molecule has 0 spiro atoms. The molecule has 3 rings (SSSR count). The molecule has 1 aliphatic heterocycles. The lowest BCUT2D eigenvalue weighted by molar-refractivity contribution is 0.0724. The van der Waals surface area contributed by atoms with Gasteiger partial charge in [-0.25, -0.2) is 4.98 Å². The Labute approximate surface area is 164 Å². The lowest BCUT2D eigenvalue weighted by atomic mass is 10.1. The van der Waals surface area contributed by atoms with E-state index in [1.165, 1.54) is 0 Å². The van der Waals surface area contributed by atoms with Crippen LogP contribution in [0.2, 0.25) is 5.02 Å². The van der Waals surface area contributed by atoms with E-state index >= 15 is 0 Å². The molecule has 1 N–H and O–H groups in total. The van der Waals surface area contributed by atoms with Crippen LogP contribution in [0, 0.1) is 0 Å². The second kappa shape index (κ2) is 8.39. The van der Waals surface area contributed by atoms with Crippen molar-refractivity contribution in [2.24, 2.45) is 0 Å². The average Bonchev–Trinajstić information content (AvgIpc) is 2.68. The molecule has 1 aromatic carbocycles. The van der Waals surface area contributed by atoms with Gasteiger partial charge in [0.15, 0.2) is 0 Å². The fraction of sp³-hybridized carbons (Fsp3) is 0.350. The number of aromatic nitrogens is 1. The van der Waals surface area contributed by atoms with Crippen molar-refractivity contribution in [1.82, 2.24) is 9.88 Å². The van der Waals surface area contributed by atoms with Gasteiger partial charge in [0.2, 0.25) is 0 Å². The smallest absolute Gasteiger partial charge is 0.255 e. The number of amides is 2. The molecule has 1 aromatic heterocycles. The zero-order valence-electron chi connectivity index (χ0n) is 15.5. The van der Waals surface area contributed by atoms with Crippen molar-refractivity contribution in [3.8, 4) is 0 Å². The van der Waals surface area contributed by atoms with E-state index in [1.807, 2.05) is 23.9 Å². The number of rotatable bonds is 4. The predicted molar refractivity (Wildman–Crippen MR) is 108 cm³/mol. The summed E-state index contributed by atoms with van der Waals surface area (Å²) in [6.45, 7) is 1.54. The first-order chi connectivity index (χ1) is 13.0. The molecule has 0 saturated carbocycles. The molecule has 0 bridgehead atoms. The Balaban J connectivity index is 1.73. The van der Waals surface area contributed by atoms with Crippen molar-refractivity contribution < 1.29 is 9.59 Å². The Morgan fingerprint density at radius 3 is 2.52 bits per heavy atom. The molecular formula is C20H23ClN4O2. The Hall–Kier alpha value is -2.60. The summed E-state index contributed by atoms with van der Waals surface area (Å²) in [5.74, 6) is 0.386. The van der Waals surface area contributed by atoms with Gasteiger partial charge in [-0.05, 0) is 49.6 Å². The van der Waals surface area contributed by atoms with E-state index in [4.69, 9.17) is 11.6 Å². The quantitative estimate of drug-likeness (QED) is 0.870. The van der Waals surface area contributed by atoms with Crippen molar-refractivity contribution in [3.05, 3.63) is 52.7 Å². The monoisotopic (exact) mass is 386 g/mol. The molecule has 1 saturated heterocycles. The summed E-state index contributed by atoms with van der Waals surface area (Å²) in [4.78, 5) is 33.0. The average molecular weight is 387 g/mol. The first-order valence-corrected chi connectivity index (χ1v) is 9.37. The van der Waals surface area contributed by atoms with Crippen LogP contribution in [0.25, 0.3) is 0 Å². The van der Waals surface area contributed by atoms with Gasteiger partial charge >= 0.3 is 0 Å². The number of hydrogen-bond donors (Lipinski definition) is 1. The van der Waals surface area contributed by atoms with E-state index in [1.54, 1.807) is 36.5 Å². The molecule has 0 radical (unpaired) electrons. The predicted octanol–water partition coefficient (Wildman–Crippen LogP) is 3.68. The summed E-state index contributed by atoms with van der Waals surface area (Å²) in [6.07, 6.45) is 4.81. The lowest BCUT2D eigenvalue weighted by Crippen LogP contribution is -2.35. The number of halogens is 1. The van der Waals surface area contributed by atoms with Crippen LogP contribution in [0.15, 0.2) is 36.5 Å². The van der Waals surface area contributed by atoms with Gasteiger partial charge in [0.1, 0.15) is 5.82 Å². The topological polar surface area (TPSA) is 65.5 Å². The standard InChI is InChI=1S/C20H23ClN4O2/c1-24(2)18-12-14(8-9-22-18)19(26)23-15-6-7-16(17(21)13-15)20(27)25-10-4-3-5-11-25/h6-9,12-13H,3-5,10-11H2,1-2H3,(H,23,26). The Bertz CT molecular complexity index is 848. The number of carbonyl (C=O) groups excluding carboxylic acids is 2. The Kier molecular flexibility index (Phi) is 5.96. The summed E-state index contributed by atoms with van der Waals surface area (Å²) in [5, 5.41) is 3.16. The number of piperidine rings is 1. The highest BCUT2D eigenvalue weighted by Crippen LogP contribution is 2.24. The molecule has 7 heteroatoms. The summed E-state index contributed by atoms with van der Waals surface area (Å²) in [5.41, 5.74) is 1.51. The molecule has 0 aliphatic carbocycles. The van der Waals surface area contributed by atoms with Gasteiger partial charge in [0, 0.05) is 44.6 Å². The molecule has 2 heterocycles. The highest BCUT2D eigenvalue weighted by Gasteiger charge is 2.20.